The molecule has 0 bridgehead atoms. The molecule has 98 valence electrons. The Kier molecular flexibility index (Phi) is 3.89. The molecule has 0 spiro atoms. The number of pyridine rings is 1. The van der Waals surface area contributed by atoms with Crippen molar-refractivity contribution in [2.75, 3.05) is 0 Å². The van der Waals surface area contributed by atoms with E-state index in [1.807, 2.05) is 18.5 Å². The fourth-order valence-electron chi connectivity index (χ4n) is 2.88. The van der Waals surface area contributed by atoms with Crippen LogP contribution < -0.4 is 5.32 Å². The second-order valence-corrected chi connectivity index (χ2v) is 5.24. The quantitative estimate of drug-likeness (QED) is 0.844. The van der Waals surface area contributed by atoms with E-state index in [1.165, 1.54) is 42.4 Å². The number of benzene rings is 1. The number of aryl methyl sites for hydroxylation is 1. The number of aromatic nitrogens is 1. The van der Waals surface area contributed by atoms with E-state index >= 15 is 0 Å². The lowest BCUT2D eigenvalue weighted by molar-refractivity contribution is 0.488. The van der Waals surface area contributed by atoms with Crippen molar-refractivity contribution in [2.24, 2.45) is 0 Å². The van der Waals surface area contributed by atoms with Crippen molar-refractivity contribution in [2.45, 2.75) is 38.3 Å². The minimum Gasteiger partial charge on any atom is -0.306 e. The third kappa shape index (κ3) is 3.02. The molecular weight excluding hydrogens is 232 g/mol. The summed E-state index contributed by atoms with van der Waals surface area (Å²) >= 11 is 0. The fraction of sp³-hybridized carbons (Fsp3) is 0.353. The van der Waals surface area contributed by atoms with Crippen LogP contribution in [0.1, 0.15) is 42.0 Å². The van der Waals surface area contributed by atoms with Crippen molar-refractivity contribution in [1.82, 2.24) is 10.3 Å². The van der Waals surface area contributed by atoms with Gasteiger partial charge in [-0.25, -0.2) is 0 Å². The van der Waals surface area contributed by atoms with E-state index in [2.05, 4.69) is 40.6 Å². The zero-order valence-corrected chi connectivity index (χ0v) is 11.2. The summed E-state index contributed by atoms with van der Waals surface area (Å²) in [6, 6.07) is 13.5. The van der Waals surface area contributed by atoms with Crippen molar-refractivity contribution in [1.29, 1.82) is 0 Å². The topological polar surface area (TPSA) is 24.9 Å². The van der Waals surface area contributed by atoms with E-state index in [0.29, 0.717) is 6.04 Å². The summed E-state index contributed by atoms with van der Waals surface area (Å²) in [6.45, 7) is 0.896. The average molecular weight is 252 g/mol. The Labute approximate surface area is 114 Å². The van der Waals surface area contributed by atoms with Gasteiger partial charge in [-0.1, -0.05) is 36.8 Å². The first-order valence-electron chi connectivity index (χ1n) is 7.13. The van der Waals surface area contributed by atoms with Crippen molar-refractivity contribution < 1.29 is 0 Å². The first-order valence-corrected chi connectivity index (χ1v) is 7.13. The van der Waals surface area contributed by atoms with Crippen LogP contribution in [-0.4, -0.2) is 4.98 Å². The first-order chi connectivity index (χ1) is 9.43. The SMILES string of the molecule is c1cncc(CNC2CCCCc3ccccc32)c1. The van der Waals surface area contributed by atoms with Gasteiger partial charge in [-0.15, -0.1) is 0 Å². The molecule has 0 saturated carbocycles. The molecule has 1 aromatic carbocycles. The summed E-state index contributed by atoms with van der Waals surface area (Å²) in [5, 5.41) is 3.69. The molecule has 0 fully saturated rings. The molecule has 3 rings (SSSR count). The summed E-state index contributed by atoms with van der Waals surface area (Å²) in [4.78, 5) is 4.17. The third-order valence-corrected chi connectivity index (χ3v) is 3.89. The number of nitrogens with one attached hydrogen (secondary N) is 1. The van der Waals surface area contributed by atoms with Crippen molar-refractivity contribution in [3.8, 4) is 0 Å². The van der Waals surface area contributed by atoms with Gasteiger partial charge in [0.15, 0.2) is 0 Å². The van der Waals surface area contributed by atoms with Gasteiger partial charge < -0.3 is 5.32 Å². The van der Waals surface area contributed by atoms with E-state index in [4.69, 9.17) is 0 Å². The zero-order valence-electron chi connectivity index (χ0n) is 11.2. The van der Waals surface area contributed by atoms with Crippen LogP contribution in [0.2, 0.25) is 0 Å². The number of rotatable bonds is 3. The third-order valence-electron chi connectivity index (χ3n) is 3.89. The van der Waals surface area contributed by atoms with E-state index in [1.54, 1.807) is 0 Å². The molecule has 2 nitrogen and oxygen atoms in total. The minimum atomic E-state index is 0.485. The maximum atomic E-state index is 4.17. The van der Waals surface area contributed by atoms with Crippen LogP contribution in [0, 0.1) is 0 Å². The summed E-state index contributed by atoms with van der Waals surface area (Å²) in [5.74, 6) is 0. The van der Waals surface area contributed by atoms with Crippen molar-refractivity contribution in [3.05, 3.63) is 65.5 Å². The number of fused-ring (bicyclic) bond motifs is 1. The molecule has 0 radical (unpaired) electrons. The van der Waals surface area contributed by atoms with Gasteiger partial charge in [-0.2, -0.15) is 0 Å². The Hall–Kier alpha value is -1.67. The fourth-order valence-corrected chi connectivity index (χ4v) is 2.88. The molecule has 1 unspecified atom stereocenters. The second-order valence-electron chi connectivity index (χ2n) is 5.24. The van der Waals surface area contributed by atoms with Crippen LogP contribution in [-0.2, 0) is 13.0 Å². The Balaban J connectivity index is 1.74. The van der Waals surface area contributed by atoms with E-state index in [-0.39, 0.29) is 0 Å². The Morgan fingerprint density at radius 2 is 2.05 bits per heavy atom. The summed E-state index contributed by atoms with van der Waals surface area (Å²) < 4.78 is 0. The molecular formula is C17H20N2. The maximum absolute atomic E-state index is 4.17. The molecule has 19 heavy (non-hydrogen) atoms. The summed E-state index contributed by atoms with van der Waals surface area (Å²) in [5.41, 5.74) is 4.26. The zero-order chi connectivity index (χ0) is 12.9. The van der Waals surface area contributed by atoms with Crippen LogP contribution in [0.4, 0.5) is 0 Å². The van der Waals surface area contributed by atoms with Gasteiger partial charge in [0.05, 0.1) is 0 Å². The van der Waals surface area contributed by atoms with E-state index < -0.39 is 0 Å². The minimum absolute atomic E-state index is 0.485. The monoisotopic (exact) mass is 252 g/mol. The van der Waals surface area contributed by atoms with Gasteiger partial charge in [0.1, 0.15) is 0 Å². The van der Waals surface area contributed by atoms with Crippen molar-refractivity contribution in [3.63, 3.8) is 0 Å². The van der Waals surface area contributed by atoms with Crippen LogP contribution in [0.3, 0.4) is 0 Å². The van der Waals surface area contributed by atoms with Crippen LogP contribution in [0.15, 0.2) is 48.8 Å². The predicted octanol–water partition coefficient (Wildman–Crippen LogP) is 3.64. The Bertz CT molecular complexity index is 522. The second kappa shape index (κ2) is 5.98. The Morgan fingerprint density at radius 1 is 1.11 bits per heavy atom. The van der Waals surface area contributed by atoms with Crippen molar-refractivity contribution >= 4 is 0 Å². The van der Waals surface area contributed by atoms with Gasteiger partial charge in [0, 0.05) is 25.0 Å². The normalized spacial score (nSPS) is 18.6. The van der Waals surface area contributed by atoms with Gasteiger partial charge >= 0.3 is 0 Å². The van der Waals surface area contributed by atoms with Gasteiger partial charge in [0.2, 0.25) is 0 Å². The highest BCUT2D eigenvalue weighted by molar-refractivity contribution is 5.31. The molecule has 1 aliphatic carbocycles. The lowest BCUT2D eigenvalue weighted by atomic mass is 9.99. The molecule has 2 aromatic rings. The standard InChI is InChI=1S/C17H20N2/c1-3-9-16-15(7-1)8-2-4-10-17(16)19-13-14-6-5-11-18-12-14/h1,3,5-7,9,11-12,17,19H,2,4,8,10,13H2. The largest absolute Gasteiger partial charge is 0.306 e. The van der Waals surface area contributed by atoms with E-state index in [9.17, 15) is 0 Å². The number of hydrogen-bond donors (Lipinski definition) is 1. The maximum Gasteiger partial charge on any atom is 0.0325 e. The van der Waals surface area contributed by atoms with Gasteiger partial charge in [-0.3, -0.25) is 4.98 Å². The number of nitrogens with zero attached hydrogens (tertiary/aromatic N) is 1. The van der Waals surface area contributed by atoms with Gasteiger partial charge in [-0.05, 0) is 42.0 Å². The number of hydrogen-bond acceptors (Lipinski definition) is 2. The molecule has 1 aromatic heterocycles. The molecule has 1 heterocycles. The molecule has 0 saturated heterocycles. The average Bonchev–Trinajstić information content (AvgIpc) is 2.68. The molecule has 1 aliphatic rings. The predicted molar refractivity (Wildman–Crippen MR) is 77.8 cm³/mol. The summed E-state index contributed by atoms with van der Waals surface area (Å²) in [6.07, 6.45) is 8.83. The van der Waals surface area contributed by atoms with Crippen LogP contribution in [0.25, 0.3) is 0 Å². The van der Waals surface area contributed by atoms with Gasteiger partial charge in [0.25, 0.3) is 0 Å². The molecule has 0 aliphatic heterocycles. The van der Waals surface area contributed by atoms with Crippen LogP contribution >= 0.6 is 0 Å². The lowest BCUT2D eigenvalue weighted by Gasteiger charge is -2.19. The highest BCUT2D eigenvalue weighted by Crippen LogP contribution is 2.28. The molecule has 0 amide bonds. The molecule has 1 atom stereocenters. The molecule has 2 heteroatoms. The smallest absolute Gasteiger partial charge is 0.0325 e. The molecule has 1 N–H and O–H groups in total. The highest BCUT2D eigenvalue weighted by Gasteiger charge is 2.17. The highest BCUT2D eigenvalue weighted by atomic mass is 14.9. The Morgan fingerprint density at radius 3 is 2.95 bits per heavy atom. The summed E-state index contributed by atoms with van der Waals surface area (Å²) in [7, 11) is 0. The van der Waals surface area contributed by atoms with E-state index in [0.717, 1.165) is 6.54 Å². The van der Waals surface area contributed by atoms with Crippen LogP contribution in [0.5, 0.6) is 0 Å². The lowest BCUT2D eigenvalue weighted by Crippen LogP contribution is -2.21. The first kappa shape index (κ1) is 12.4.